The second kappa shape index (κ2) is 12.2. The molecule has 12 heteroatoms. The molecular weight excluding hydrogens is 496 g/mol. The van der Waals surface area contributed by atoms with Gasteiger partial charge >= 0.3 is 0 Å². The van der Waals surface area contributed by atoms with E-state index in [0.717, 1.165) is 28.2 Å². The van der Waals surface area contributed by atoms with Crippen LogP contribution in [0, 0.1) is 0 Å². The van der Waals surface area contributed by atoms with E-state index in [1.165, 1.54) is 11.3 Å². The molecule has 2 heterocycles. The summed E-state index contributed by atoms with van der Waals surface area (Å²) in [7, 11) is 1.61. The zero-order valence-corrected chi connectivity index (χ0v) is 20.5. The van der Waals surface area contributed by atoms with Crippen LogP contribution < -0.4 is 15.4 Å². The minimum absolute atomic E-state index is 0. The van der Waals surface area contributed by atoms with Crippen molar-refractivity contribution in [3.63, 3.8) is 0 Å². The number of halogens is 1. The van der Waals surface area contributed by atoms with Crippen molar-refractivity contribution in [3.8, 4) is 16.3 Å². The van der Waals surface area contributed by atoms with Crippen LogP contribution in [0.5, 0.6) is 5.75 Å². The lowest BCUT2D eigenvalue weighted by atomic mass is 10.2. The number of hydrogen-bond acceptors (Lipinski definition) is 9. The summed E-state index contributed by atoms with van der Waals surface area (Å²) in [5.41, 5.74) is 1.91. The van der Waals surface area contributed by atoms with Gasteiger partial charge in [-0.15, -0.1) is 32.8 Å². The van der Waals surface area contributed by atoms with Gasteiger partial charge in [0.05, 0.1) is 7.11 Å². The fourth-order valence-corrected chi connectivity index (χ4v) is 4.30. The Bertz CT molecular complexity index is 1230. The first kappa shape index (κ1) is 25.2. The molecule has 0 fully saturated rings. The van der Waals surface area contributed by atoms with E-state index in [-0.39, 0.29) is 29.7 Å². The smallest absolute Gasteiger partial charge is 0.288 e. The quantitative estimate of drug-likeness (QED) is 0.345. The molecule has 0 saturated carbocycles. The predicted molar refractivity (Wildman–Crippen MR) is 134 cm³/mol. The van der Waals surface area contributed by atoms with Gasteiger partial charge in [-0.3, -0.25) is 14.9 Å². The van der Waals surface area contributed by atoms with Gasteiger partial charge in [-0.2, -0.15) is 0 Å². The maximum atomic E-state index is 12.5. The van der Waals surface area contributed by atoms with E-state index >= 15 is 0 Å². The first-order valence-corrected chi connectivity index (χ1v) is 11.7. The summed E-state index contributed by atoms with van der Waals surface area (Å²) in [6.07, 6.45) is 0.652. The summed E-state index contributed by atoms with van der Waals surface area (Å²) in [6, 6.07) is 17.1. The minimum atomic E-state index is -0.404. The number of hydrogen-bond donors (Lipinski definition) is 2. The third kappa shape index (κ3) is 6.80. The van der Waals surface area contributed by atoms with Gasteiger partial charge in [0.2, 0.25) is 16.0 Å². The zero-order valence-electron chi connectivity index (χ0n) is 18.1. The summed E-state index contributed by atoms with van der Waals surface area (Å²) in [5, 5.41) is 23.6. The van der Waals surface area contributed by atoms with Crippen LogP contribution in [0.15, 0.2) is 54.6 Å². The molecule has 0 aliphatic rings. The number of nitrogens with zero attached hydrogens (tertiary/aromatic N) is 4. The Morgan fingerprint density at radius 3 is 2.44 bits per heavy atom. The maximum Gasteiger partial charge on any atom is 0.288 e. The number of aromatic nitrogens is 4. The summed E-state index contributed by atoms with van der Waals surface area (Å²) in [5.74, 6) is 0.261. The summed E-state index contributed by atoms with van der Waals surface area (Å²) in [4.78, 5) is 24.6. The predicted octanol–water partition coefficient (Wildman–Crippen LogP) is 3.99. The molecule has 0 aliphatic carbocycles. The monoisotopic (exact) mass is 516 g/mol. The van der Waals surface area contributed by atoms with Crippen molar-refractivity contribution in [2.45, 2.75) is 19.4 Å². The molecule has 176 valence electrons. The molecule has 0 radical (unpaired) electrons. The van der Waals surface area contributed by atoms with Crippen LogP contribution in [-0.2, 0) is 17.8 Å². The largest absolute Gasteiger partial charge is 0.497 e. The van der Waals surface area contributed by atoms with Crippen LogP contribution in [-0.4, -0.2) is 39.3 Å². The van der Waals surface area contributed by atoms with Crippen molar-refractivity contribution < 1.29 is 14.3 Å². The van der Waals surface area contributed by atoms with Crippen molar-refractivity contribution in [1.29, 1.82) is 0 Å². The average molecular weight is 517 g/mol. The molecule has 0 unspecified atom stereocenters. The fraction of sp³-hybridized carbons (Fsp3) is 0.182. The molecule has 2 N–H and O–H groups in total. The van der Waals surface area contributed by atoms with Crippen molar-refractivity contribution in [1.82, 2.24) is 25.7 Å². The molecule has 2 aromatic carbocycles. The SMILES string of the molecule is COc1ccc(CNC(=O)CCc2nnc(C(=O)Nc3nnc(-c4ccccc4)s3)s2)cc1.Cl. The third-order valence-corrected chi connectivity index (χ3v) is 6.41. The van der Waals surface area contributed by atoms with E-state index in [9.17, 15) is 9.59 Å². The molecule has 0 spiro atoms. The molecule has 4 rings (SSSR count). The Labute approximate surface area is 210 Å². The van der Waals surface area contributed by atoms with Gasteiger partial charge in [-0.25, -0.2) is 0 Å². The van der Waals surface area contributed by atoms with Crippen LogP contribution in [0.25, 0.3) is 10.6 Å². The Morgan fingerprint density at radius 2 is 1.71 bits per heavy atom. The van der Waals surface area contributed by atoms with E-state index in [1.807, 2.05) is 54.6 Å². The molecule has 9 nitrogen and oxygen atoms in total. The van der Waals surface area contributed by atoms with Gasteiger partial charge in [0.1, 0.15) is 15.8 Å². The average Bonchev–Trinajstić information content (AvgIpc) is 3.52. The highest BCUT2D eigenvalue weighted by Crippen LogP contribution is 2.26. The lowest BCUT2D eigenvalue weighted by molar-refractivity contribution is -0.121. The van der Waals surface area contributed by atoms with E-state index < -0.39 is 5.91 Å². The molecule has 2 aromatic heterocycles. The number of ether oxygens (including phenoxy) is 1. The molecule has 0 atom stereocenters. The normalized spacial score (nSPS) is 10.3. The molecule has 0 bridgehead atoms. The minimum Gasteiger partial charge on any atom is -0.497 e. The van der Waals surface area contributed by atoms with E-state index in [1.54, 1.807) is 7.11 Å². The van der Waals surface area contributed by atoms with Crippen LogP contribution in [0.3, 0.4) is 0 Å². The molecule has 34 heavy (non-hydrogen) atoms. The van der Waals surface area contributed by atoms with Gasteiger partial charge in [-0.05, 0) is 17.7 Å². The number of anilines is 1. The number of methoxy groups -OCH3 is 1. The first-order chi connectivity index (χ1) is 16.1. The maximum absolute atomic E-state index is 12.5. The number of nitrogens with one attached hydrogen (secondary N) is 2. The van der Waals surface area contributed by atoms with E-state index in [4.69, 9.17) is 4.74 Å². The van der Waals surface area contributed by atoms with Crippen molar-refractivity contribution in [2.75, 3.05) is 12.4 Å². The van der Waals surface area contributed by atoms with E-state index in [0.29, 0.717) is 28.1 Å². The number of carbonyl (C=O) groups is 2. The first-order valence-electron chi connectivity index (χ1n) is 10.0. The molecule has 2 amide bonds. The molecule has 4 aromatic rings. The van der Waals surface area contributed by atoms with Crippen molar-refractivity contribution in [3.05, 3.63) is 70.2 Å². The van der Waals surface area contributed by atoms with Gasteiger partial charge in [0.25, 0.3) is 5.91 Å². The van der Waals surface area contributed by atoms with Crippen molar-refractivity contribution >= 4 is 52.0 Å². The Morgan fingerprint density at radius 1 is 0.941 bits per heavy atom. The topological polar surface area (TPSA) is 119 Å². The van der Waals surface area contributed by atoms with Crippen LogP contribution in [0.1, 0.15) is 26.8 Å². The number of carbonyl (C=O) groups excluding carboxylic acids is 2. The van der Waals surface area contributed by atoms with Crippen LogP contribution >= 0.6 is 35.1 Å². The standard InChI is InChI=1S/C22H20N6O3S2.ClH/c1-31-16-9-7-14(8-10-16)13-23-17(29)11-12-18-25-27-21(32-18)19(30)24-22-28-26-20(33-22)15-5-3-2-4-6-15;/h2-10H,11-13H2,1H3,(H,23,29)(H,24,28,30);1H. The number of rotatable bonds is 9. The lowest BCUT2D eigenvalue weighted by Crippen LogP contribution is -2.22. The Balaban J connectivity index is 0.00000324. The Hall–Kier alpha value is -3.41. The summed E-state index contributed by atoms with van der Waals surface area (Å²) in [6.45, 7) is 0.430. The highest BCUT2D eigenvalue weighted by Gasteiger charge is 2.16. The molecule has 0 saturated heterocycles. The summed E-state index contributed by atoms with van der Waals surface area (Å²) < 4.78 is 5.12. The number of benzene rings is 2. The van der Waals surface area contributed by atoms with Crippen LogP contribution in [0.2, 0.25) is 0 Å². The second-order valence-electron chi connectivity index (χ2n) is 6.86. The highest BCUT2D eigenvalue weighted by atomic mass is 35.5. The third-order valence-electron chi connectivity index (χ3n) is 4.54. The number of amides is 2. The lowest BCUT2D eigenvalue weighted by Gasteiger charge is -2.05. The van der Waals surface area contributed by atoms with Gasteiger partial charge in [-0.1, -0.05) is 65.1 Å². The van der Waals surface area contributed by atoms with Gasteiger partial charge in [0.15, 0.2) is 0 Å². The molecular formula is C22H21ClN6O3S2. The van der Waals surface area contributed by atoms with Crippen molar-refractivity contribution in [2.24, 2.45) is 0 Å². The van der Waals surface area contributed by atoms with Gasteiger partial charge < -0.3 is 10.1 Å². The number of aryl methyl sites for hydroxylation is 1. The van der Waals surface area contributed by atoms with Crippen LogP contribution in [0.4, 0.5) is 5.13 Å². The fourth-order valence-electron chi connectivity index (χ4n) is 2.82. The zero-order chi connectivity index (χ0) is 23.0. The van der Waals surface area contributed by atoms with Gasteiger partial charge in [0, 0.05) is 24.9 Å². The highest BCUT2D eigenvalue weighted by molar-refractivity contribution is 7.18. The summed E-state index contributed by atoms with van der Waals surface area (Å²) >= 11 is 2.43. The molecule has 0 aliphatic heterocycles. The Kier molecular flexibility index (Phi) is 9.02. The second-order valence-corrected chi connectivity index (χ2v) is 8.90. The van der Waals surface area contributed by atoms with E-state index in [2.05, 4.69) is 31.0 Å².